The van der Waals surface area contributed by atoms with Gasteiger partial charge in [-0.05, 0) is 0 Å². The van der Waals surface area contributed by atoms with Crippen LogP contribution in [0.25, 0.3) is 12.2 Å². The van der Waals surface area contributed by atoms with Crippen molar-refractivity contribution in [3.63, 3.8) is 0 Å². The smallest absolute Gasteiger partial charge is 1.00 e. The molecule has 0 heterocycles. The third-order valence-electron chi connectivity index (χ3n) is 7.17. The van der Waals surface area contributed by atoms with Gasteiger partial charge in [-0.15, -0.1) is 0 Å². The quantitative estimate of drug-likeness (QED) is 0.319. The SMILES string of the molecule is CCC(C)P(C1=Cc2ccccc2[CH]1[Hf+2][CH]1C=Cc2c(C)ccc(C)c21)C(C)CC.[Cl-].[Cl-]. The number of benzene rings is 2. The predicted molar refractivity (Wildman–Crippen MR) is 131 cm³/mol. The number of fused-ring (bicyclic) bond motifs is 2. The predicted octanol–water partition coefficient (Wildman–Crippen LogP) is 2.64. The third-order valence-corrected chi connectivity index (χ3v) is 18.1. The van der Waals surface area contributed by atoms with Crippen molar-refractivity contribution in [1.82, 2.24) is 0 Å². The summed E-state index contributed by atoms with van der Waals surface area (Å²) in [5.41, 5.74) is 10.9. The van der Waals surface area contributed by atoms with Gasteiger partial charge in [-0.2, -0.15) is 0 Å². The first kappa shape index (κ1) is 28.0. The second kappa shape index (κ2) is 12.0. The molecule has 0 fully saturated rings. The van der Waals surface area contributed by atoms with Crippen LogP contribution < -0.4 is 24.8 Å². The van der Waals surface area contributed by atoms with Gasteiger partial charge in [0.2, 0.25) is 0 Å². The molecule has 32 heavy (non-hydrogen) atoms. The maximum absolute atomic E-state index is 2.64. The third kappa shape index (κ3) is 5.22. The van der Waals surface area contributed by atoms with E-state index in [4.69, 9.17) is 0 Å². The molecule has 0 radical (unpaired) electrons. The van der Waals surface area contributed by atoms with E-state index in [1.165, 1.54) is 35.1 Å². The molecule has 0 saturated carbocycles. The molecule has 0 nitrogen and oxygen atoms in total. The Labute approximate surface area is 220 Å². The fourth-order valence-corrected chi connectivity index (χ4v) is 17.3. The summed E-state index contributed by atoms with van der Waals surface area (Å²) in [5.74, 6) is 0. The van der Waals surface area contributed by atoms with Crippen LogP contribution in [0.2, 0.25) is 0 Å². The molecule has 0 bridgehead atoms. The summed E-state index contributed by atoms with van der Waals surface area (Å²) in [6, 6.07) is 14.0. The van der Waals surface area contributed by atoms with Crippen molar-refractivity contribution in [2.24, 2.45) is 0 Å². The average Bonchev–Trinajstić information content (AvgIpc) is 3.34. The van der Waals surface area contributed by atoms with Crippen LogP contribution in [0.4, 0.5) is 0 Å². The summed E-state index contributed by atoms with van der Waals surface area (Å²) < 4.78 is 1.49. The van der Waals surface area contributed by atoms with Gasteiger partial charge in [0.05, 0.1) is 0 Å². The summed E-state index contributed by atoms with van der Waals surface area (Å²) in [7, 11) is -0.0858. The van der Waals surface area contributed by atoms with Gasteiger partial charge in [0, 0.05) is 0 Å². The maximum atomic E-state index is 2.64. The fourth-order valence-electron chi connectivity index (χ4n) is 5.14. The van der Waals surface area contributed by atoms with Gasteiger partial charge in [-0.3, -0.25) is 0 Å². The molecule has 4 heteroatoms. The van der Waals surface area contributed by atoms with Crippen molar-refractivity contribution < 1.29 is 47.7 Å². The summed E-state index contributed by atoms with van der Waals surface area (Å²) in [5, 5.41) is 1.85. The van der Waals surface area contributed by atoms with Crippen LogP contribution in [0.3, 0.4) is 0 Å². The van der Waals surface area contributed by atoms with E-state index in [9.17, 15) is 0 Å². The van der Waals surface area contributed by atoms with E-state index >= 15 is 0 Å². The van der Waals surface area contributed by atoms with E-state index in [0.717, 1.165) is 18.7 Å². The molecule has 0 aromatic heterocycles. The summed E-state index contributed by atoms with van der Waals surface area (Å²) >= 11 is -1.04. The van der Waals surface area contributed by atoms with Gasteiger partial charge in [-0.1, -0.05) is 0 Å². The summed E-state index contributed by atoms with van der Waals surface area (Å²) in [6.07, 6.45) is 10.2. The molecule has 0 amide bonds. The van der Waals surface area contributed by atoms with Crippen LogP contribution in [0.1, 0.15) is 81.3 Å². The van der Waals surface area contributed by atoms with Crippen molar-refractivity contribution in [3.8, 4) is 0 Å². The van der Waals surface area contributed by atoms with Crippen molar-refractivity contribution in [2.45, 2.75) is 73.1 Å². The zero-order valence-electron chi connectivity index (χ0n) is 20.1. The van der Waals surface area contributed by atoms with Crippen LogP contribution in [-0.4, -0.2) is 11.3 Å². The van der Waals surface area contributed by atoms with E-state index in [1.807, 2.05) is 5.31 Å². The van der Waals surface area contributed by atoms with Crippen molar-refractivity contribution in [2.75, 3.05) is 0 Å². The second-order valence-corrected chi connectivity index (χ2v) is 17.7. The zero-order valence-corrected chi connectivity index (χ0v) is 26.1. The molecular formula is C28H35Cl2HfP. The van der Waals surface area contributed by atoms with E-state index in [2.05, 4.69) is 96.2 Å². The van der Waals surface area contributed by atoms with Gasteiger partial charge in [0.1, 0.15) is 0 Å². The van der Waals surface area contributed by atoms with Crippen LogP contribution in [-0.2, 0) is 22.9 Å². The minimum Gasteiger partial charge on any atom is -1.00 e. The molecule has 4 rings (SSSR count). The Kier molecular flexibility index (Phi) is 10.5. The van der Waals surface area contributed by atoms with Gasteiger partial charge in [0.15, 0.2) is 0 Å². The van der Waals surface area contributed by atoms with Crippen molar-refractivity contribution in [3.05, 3.63) is 81.2 Å². The standard InChI is InChI=1S/C17H24P.C11H11.2ClH.Hf/c1-5-13(3)18(14(4)6-2)17-11-15-9-7-8-10-16(15)12-17;1-8-6-7-9(2)11-5-3-4-10(8)11;;;/h7-14H,5-6H2,1-4H3;3-7H,1-2H3;2*1H;/q;;;;+2/p-2. The van der Waals surface area contributed by atoms with Crippen LogP contribution in [0.5, 0.6) is 0 Å². The normalized spacial score (nSPS) is 20.8. The van der Waals surface area contributed by atoms with Crippen LogP contribution in [0, 0.1) is 13.8 Å². The Balaban J connectivity index is 0.00000181. The molecule has 2 aromatic rings. The van der Waals surface area contributed by atoms with Gasteiger partial charge in [-0.25, -0.2) is 0 Å². The summed E-state index contributed by atoms with van der Waals surface area (Å²) in [6.45, 7) is 14.4. The Morgan fingerprint density at radius 3 is 2.19 bits per heavy atom. The minimum atomic E-state index is -1.04. The van der Waals surface area contributed by atoms with Crippen LogP contribution in [0.15, 0.2) is 47.8 Å². The van der Waals surface area contributed by atoms with Gasteiger partial charge >= 0.3 is 197 Å². The van der Waals surface area contributed by atoms with Crippen molar-refractivity contribution in [1.29, 1.82) is 0 Å². The van der Waals surface area contributed by atoms with Crippen molar-refractivity contribution >= 4 is 20.1 Å². The first-order valence-corrected chi connectivity index (χ1v) is 17.2. The van der Waals surface area contributed by atoms with E-state index in [0.29, 0.717) is 0 Å². The molecule has 2 aliphatic rings. The number of halogens is 2. The fraction of sp³-hybridized carbons (Fsp3) is 0.429. The largest absolute Gasteiger partial charge is 1.00 e. The van der Waals surface area contributed by atoms with E-state index in [-0.39, 0.29) is 32.7 Å². The molecule has 4 atom stereocenters. The molecule has 2 aromatic carbocycles. The number of allylic oxidation sites excluding steroid dienone is 2. The molecule has 0 aliphatic heterocycles. The molecule has 0 saturated heterocycles. The zero-order chi connectivity index (χ0) is 21.4. The molecular weight excluding hydrogens is 617 g/mol. The monoisotopic (exact) mass is 652 g/mol. The Hall–Kier alpha value is -0.200. The second-order valence-electron chi connectivity index (χ2n) is 9.08. The molecule has 4 unspecified atom stereocenters. The van der Waals surface area contributed by atoms with Gasteiger partial charge in [0.25, 0.3) is 0 Å². The topological polar surface area (TPSA) is 0 Å². The average molecular weight is 652 g/mol. The van der Waals surface area contributed by atoms with E-state index < -0.39 is 22.9 Å². The Bertz CT molecular complexity index is 987. The first-order valence-electron chi connectivity index (χ1n) is 11.6. The van der Waals surface area contributed by atoms with Gasteiger partial charge < -0.3 is 24.8 Å². The Morgan fingerprint density at radius 1 is 0.906 bits per heavy atom. The number of rotatable bonds is 7. The number of hydrogen-bond donors (Lipinski definition) is 0. The molecule has 2 aliphatic carbocycles. The number of aryl methyl sites for hydroxylation is 2. The molecule has 0 N–H and O–H groups in total. The molecule has 170 valence electrons. The van der Waals surface area contributed by atoms with Crippen LogP contribution >= 0.6 is 7.92 Å². The Morgan fingerprint density at radius 2 is 1.53 bits per heavy atom. The minimum absolute atomic E-state index is 0. The first-order chi connectivity index (χ1) is 14.5. The molecule has 0 spiro atoms. The maximum Gasteiger partial charge on any atom is -1.00 e. The van der Waals surface area contributed by atoms with E-state index in [1.54, 1.807) is 11.1 Å². The number of hydrogen-bond acceptors (Lipinski definition) is 0. The summed E-state index contributed by atoms with van der Waals surface area (Å²) in [4.78, 5) is 0.